The molecule has 2 aliphatic rings. The van der Waals surface area contributed by atoms with Crippen LogP contribution in [0.3, 0.4) is 0 Å². The van der Waals surface area contributed by atoms with E-state index in [0.29, 0.717) is 0 Å². The lowest BCUT2D eigenvalue weighted by atomic mass is 9.85. The molecule has 1 saturated heterocycles. The number of likely N-dealkylation sites (tertiary alicyclic amines) is 1. The molecule has 1 aliphatic heterocycles. The second kappa shape index (κ2) is 3.11. The first-order chi connectivity index (χ1) is 5.34. The van der Waals surface area contributed by atoms with Gasteiger partial charge in [-0.15, -0.1) is 0 Å². The summed E-state index contributed by atoms with van der Waals surface area (Å²) in [7, 11) is 0. The van der Waals surface area contributed by atoms with E-state index in [1.807, 2.05) is 0 Å². The zero-order chi connectivity index (χ0) is 7.68. The third-order valence-corrected chi connectivity index (χ3v) is 2.99. The van der Waals surface area contributed by atoms with Crippen LogP contribution < -0.4 is 0 Å². The first-order valence-electron chi connectivity index (χ1n) is 4.75. The summed E-state index contributed by atoms with van der Waals surface area (Å²) in [4.78, 5) is 2.41. The standard InChI is InChI=1S/C9H17NO/c11-9-4-5-10(7-9)6-8-2-1-3-8/h8-9,11H,1-7H2/t9-/m0/s1. The molecule has 1 N–H and O–H groups in total. The second-order valence-electron chi connectivity index (χ2n) is 4.00. The van der Waals surface area contributed by atoms with Gasteiger partial charge in [-0.2, -0.15) is 0 Å². The maximum atomic E-state index is 9.26. The van der Waals surface area contributed by atoms with Gasteiger partial charge in [0, 0.05) is 19.6 Å². The predicted octanol–water partition coefficient (Wildman–Crippen LogP) is 0.853. The van der Waals surface area contributed by atoms with Crippen LogP contribution in [0, 0.1) is 5.92 Å². The lowest BCUT2D eigenvalue weighted by molar-refractivity contribution is 0.155. The molecule has 11 heavy (non-hydrogen) atoms. The van der Waals surface area contributed by atoms with E-state index in [1.54, 1.807) is 0 Å². The van der Waals surface area contributed by atoms with Crippen molar-refractivity contribution in [2.24, 2.45) is 5.92 Å². The predicted molar refractivity (Wildman–Crippen MR) is 44.4 cm³/mol. The van der Waals surface area contributed by atoms with Gasteiger partial charge in [0.1, 0.15) is 0 Å². The van der Waals surface area contributed by atoms with Gasteiger partial charge in [-0.05, 0) is 25.2 Å². The lowest BCUT2D eigenvalue weighted by Crippen LogP contribution is -2.31. The third kappa shape index (κ3) is 1.74. The van der Waals surface area contributed by atoms with Gasteiger partial charge in [0.25, 0.3) is 0 Å². The van der Waals surface area contributed by atoms with Crippen molar-refractivity contribution in [2.45, 2.75) is 31.8 Å². The Labute approximate surface area is 68.2 Å². The van der Waals surface area contributed by atoms with Crippen molar-refractivity contribution in [2.75, 3.05) is 19.6 Å². The third-order valence-electron chi connectivity index (χ3n) is 2.99. The largest absolute Gasteiger partial charge is 0.392 e. The second-order valence-corrected chi connectivity index (χ2v) is 4.00. The minimum absolute atomic E-state index is 0.0323. The number of hydrogen-bond acceptors (Lipinski definition) is 2. The number of rotatable bonds is 2. The Hall–Kier alpha value is -0.0800. The van der Waals surface area contributed by atoms with Crippen LogP contribution in [0.15, 0.2) is 0 Å². The monoisotopic (exact) mass is 155 g/mol. The summed E-state index contributed by atoms with van der Waals surface area (Å²) in [6.45, 7) is 3.30. The zero-order valence-electron chi connectivity index (χ0n) is 7.00. The van der Waals surface area contributed by atoms with Crippen molar-refractivity contribution in [1.29, 1.82) is 0 Å². The van der Waals surface area contributed by atoms with Gasteiger partial charge in [0.2, 0.25) is 0 Å². The van der Waals surface area contributed by atoms with E-state index < -0.39 is 0 Å². The smallest absolute Gasteiger partial charge is 0.0679 e. The number of hydrogen-bond donors (Lipinski definition) is 1. The first-order valence-corrected chi connectivity index (χ1v) is 4.75. The van der Waals surface area contributed by atoms with Crippen LogP contribution >= 0.6 is 0 Å². The van der Waals surface area contributed by atoms with Gasteiger partial charge in [0.05, 0.1) is 6.10 Å². The van der Waals surface area contributed by atoms with Crippen molar-refractivity contribution in [3.63, 3.8) is 0 Å². The van der Waals surface area contributed by atoms with Gasteiger partial charge in [-0.3, -0.25) is 0 Å². The molecule has 2 rings (SSSR count). The van der Waals surface area contributed by atoms with Crippen molar-refractivity contribution >= 4 is 0 Å². The van der Waals surface area contributed by atoms with Crippen molar-refractivity contribution in [3.8, 4) is 0 Å². The molecule has 0 aromatic carbocycles. The van der Waals surface area contributed by atoms with E-state index in [1.165, 1.54) is 25.8 Å². The van der Waals surface area contributed by atoms with Crippen LogP contribution in [0.5, 0.6) is 0 Å². The summed E-state index contributed by atoms with van der Waals surface area (Å²) in [6.07, 6.45) is 5.24. The summed E-state index contributed by atoms with van der Waals surface area (Å²) in [5, 5.41) is 9.26. The molecule has 0 spiro atoms. The quantitative estimate of drug-likeness (QED) is 0.639. The molecule has 0 unspecified atom stereocenters. The Kier molecular flexibility index (Phi) is 2.14. The Morgan fingerprint density at radius 3 is 2.55 bits per heavy atom. The van der Waals surface area contributed by atoms with Crippen LogP contribution in [-0.2, 0) is 0 Å². The average Bonchev–Trinajstić information content (AvgIpc) is 2.27. The average molecular weight is 155 g/mol. The van der Waals surface area contributed by atoms with Crippen molar-refractivity contribution in [1.82, 2.24) is 4.90 Å². The summed E-state index contributed by atoms with van der Waals surface area (Å²) >= 11 is 0. The number of β-amino-alcohol motifs (C(OH)–C–C–N with tert-alkyl or cyclic N) is 1. The minimum Gasteiger partial charge on any atom is -0.392 e. The highest BCUT2D eigenvalue weighted by Gasteiger charge is 2.25. The summed E-state index contributed by atoms with van der Waals surface area (Å²) in [5.74, 6) is 0.959. The molecule has 64 valence electrons. The van der Waals surface area contributed by atoms with Gasteiger partial charge in [-0.25, -0.2) is 0 Å². The van der Waals surface area contributed by atoms with E-state index in [-0.39, 0.29) is 6.10 Å². The SMILES string of the molecule is O[C@H]1CCN(CC2CCC2)C1. The van der Waals surface area contributed by atoms with E-state index >= 15 is 0 Å². The number of aliphatic hydroxyl groups is 1. The van der Waals surface area contributed by atoms with E-state index in [2.05, 4.69) is 4.90 Å². The van der Waals surface area contributed by atoms with E-state index in [4.69, 9.17) is 0 Å². The molecule has 1 saturated carbocycles. The molecule has 0 aromatic rings. The fourth-order valence-corrected chi connectivity index (χ4v) is 2.02. The van der Waals surface area contributed by atoms with Crippen LogP contribution in [0.4, 0.5) is 0 Å². The van der Waals surface area contributed by atoms with E-state index in [0.717, 1.165) is 25.4 Å². The molecule has 2 fully saturated rings. The minimum atomic E-state index is -0.0323. The molecule has 2 nitrogen and oxygen atoms in total. The van der Waals surface area contributed by atoms with Crippen molar-refractivity contribution in [3.05, 3.63) is 0 Å². The van der Waals surface area contributed by atoms with E-state index in [9.17, 15) is 5.11 Å². The van der Waals surface area contributed by atoms with Gasteiger partial charge < -0.3 is 10.0 Å². The van der Waals surface area contributed by atoms with Gasteiger partial charge in [-0.1, -0.05) is 6.42 Å². The first kappa shape index (κ1) is 7.56. The highest BCUT2D eigenvalue weighted by Crippen LogP contribution is 2.28. The molecule has 0 aromatic heterocycles. The molecule has 0 bridgehead atoms. The van der Waals surface area contributed by atoms with Crippen LogP contribution in [0.2, 0.25) is 0 Å². The summed E-state index contributed by atoms with van der Waals surface area (Å²) < 4.78 is 0. The Bertz CT molecular complexity index is 134. The molecule has 1 aliphatic carbocycles. The Morgan fingerprint density at radius 1 is 1.27 bits per heavy atom. The fourth-order valence-electron chi connectivity index (χ4n) is 2.02. The normalized spacial score (nSPS) is 34.1. The molecule has 0 amide bonds. The molecule has 1 heterocycles. The maximum Gasteiger partial charge on any atom is 0.0679 e. The maximum absolute atomic E-state index is 9.26. The van der Waals surface area contributed by atoms with Crippen LogP contribution in [0.25, 0.3) is 0 Å². The highest BCUT2D eigenvalue weighted by molar-refractivity contribution is 4.79. The Morgan fingerprint density at radius 2 is 2.09 bits per heavy atom. The van der Waals surface area contributed by atoms with Crippen LogP contribution in [0.1, 0.15) is 25.7 Å². The summed E-state index contributed by atoms with van der Waals surface area (Å²) in [5.41, 5.74) is 0. The van der Waals surface area contributed by atoms with Gasteiger partial charge in [0.15, 0.2) is 0 Å². The Balaban J connectivity index is 1.70. The highest BCUT2D eigenvalue weighted by atomic mass is 16.3. The number of nitrogens with zero attached hydrogens (tertiary/aromatic N) is 1. The summed E-state index contributed by atoms with van der Waals surface area (Å²) in [6, 6.07) is 0. The molecule has 1 atom stereocenters. The van der Waals surface area contributed by atoms with Gasteiger partial charge >= 0.3 is 0 Å². The molecule has 0 radical (unpaired) electrons. The molecular weight excluding hydrogens is 138 g/mol. The van der Waals surface area contributed by atoms with Crippen molar-refractivity contribution < 1.29 is 5.11 Å². The molecule has 2 heteroatoms. The number of aliphatic hydroxyl groups excluding tert-OH is 1. The fraction of sp³-hybridized carbons (Fsp3) is 1.00. The zero-order valence-corrected chi connectivity index (χ0v) is 7.00. The topological polar surface area (TPSA) is 23.5 Å². The molecular formula is C9H17NO. The van der Waals surface area contributed by atoms with Crippen LogP contribution in [-0.4, -0.2) is 35.7 Å². The lowest BCUT2D eigenvalue weighted by Gasteiger charge is -2.29.